The summed E-state index contributed by atoms with van der Waals surface area (Å²) in [6.45, 7) is 0. The van der Waals surface area contributed by atoms with Gasteiger partial charge in [-0.2, -0.15) is 0 Å². The van der Waals surface area contributed by atoms with Gasteiger partial charge in [0, 0.05) is 38.6 Å². The van der Waals surface area contributed by atoms with Gasteiger partial charge in [-0.15, -0.1) is 0 Å². The average molecular weight is 503 g/mol. The Morgan fingerprint density at radius 2 is 1.63 bits per heavy atom. The second kappa shape index (κ2) is 9.69. The van der Waals surface area contributed by atoms with E-state index in [-0.39, 0.29) is 11.5 Å². The molecule has 5 rings (SSSR count). The molecule has 6 nitrogen and oxygen atoms in total. The van der Waals surface area contributed by atoms with Crippen LogP contribution in [0.25, 0.3) is 22.3 Å². The van der Waals surface area contributed by atoms with E-state index in [1.165, 1.54) is 36.0 Å². The van der Waals surface area contributed by atoms with Crippen LogP contribution in [0.3, 0.4) is 0 Å². The summed E-state index contributed by atoms with van der Waals surface area (Å²) in [4.78, 5) is 21.9. The first-order valence-electron chi connectivity index (χ1n) is 10.5. The number of aromatic nitrogens is 2. The van der Waals surface area contributed by atoms with Crippen LogP contribution < -0.4 is 5.32 Å². The quantitative estimate of drug-likeness (QED) is 0.188. The molecule has 5 aromatic rings. The van der Waals surface area contributed by atoms with E-state index >= 15 is 0 Å². The molecule has 0 aliphatic rings. The average Bonchev–Trinajstić information content (AvgIpc) is 2.85. The summed E-state index contributed by atoms with van der Waals surface area (Å²) >= 11 is 7.68. The van der Waals surface area contributed by atoms with Crippen molar-refractivity contribution in [1.82, 2.24) is 9.97 Å². The van der Waals surface area contributed by atoms with Crippen molar-refractivity contribution in [3.8, 4) is 11.4 Å². The van der Waals surface area contributed by atoms with Gasteiger partial charge in [0.2, 0.25) is 0 Å². The predicted molar refractivity (Wildman–Crippen MR) is 137 cm³/mol. The van der Waals surface area contributed by atoms with Crippen LogP contribution in [0, 0.1) is 15.9 Å². The Balaban J connectivity index is 1.58. The van der Waals surface area contributed by atoms with Gasteiger partial charge in [-0.05, 0) is 54.6 Å². The minimum atomic E-state index is -0.451. The monoisotopic (exact) mass is 502 g/mol. The highest BCUT2D eigenvalue weighted by Gasteiger charge is 2.15. The van der Waals surface area contributed by atoms with Crippen molar-refractivity contribution in [2.24, 2.45) is 0 Å². The van der Waals surface area contributed by atoms with Gasteiger partial charge in [-0.3, -0.25) is 10.1 Å². The Labute approximate surface area is 209 Å². The molecule has 1 N–H and O–H groups in total. The second-order valence-electron chi connectivity index (χ2n) is 7.55. The lowest BCUT2D eigenvalue weighted by atomic mass is 10.1. The van der Waals surface area contributed by atoms with Gasteiger partial charge in [-0.1, -0.05) is 47.6 Å². The van der Waals surface area contributed by atoms with Crippen LogP contribution in [0.1, 0.15) is 0 Å². The zero-order chi connectivity index (χ0) is 24.4. The normalized spacial score (nSPS) is 10.9. The number of non-ortho nitro benzene ring substituents is 1. The Kier molecular flexibility index (Phi) is 6.31. The molecule has 0 radical (unpaired) electrons. The number of para-hydroxylation sites is 1. The molecule has 0 saturated heterocycles. The van der Waals surface area contributed by atoms with Crippen molar-refractivity contribution in [1.29, 1.82) is 0 Å². The fourth-order valence-corrected chi connectivity index (χ4v) is 4.66. The zero-order valence-corrected chi connectivity index (χ0v) is 19.6. The molecule has 0 aliphatic heterocycles. The largest absolute Gasteiger partial charge is 0.339 e. The highest BCUT2D eigenvalue weighted by Crippen LogP contribution is 2.35. The molecule has 0 amide bonds. The molecule has 1 heterocycles. The van der Waals surface area contributed by atoms with Crippen LogP contribution in [-0.4, -0.2) is 14.9 Å². The first kappa shape index (κ1) is 22.8. The molecule has 0 atom stereocenters. The highest BCUT2D eigenvalue weighted by atomic mass is 35.5. The predicted octanol–water partition coefficient (Wildman–Crippen LogP) is 7.89. The number of nitro groups is 1. The molecule has 0 aliphatic carbocycles. The lowest BCUT2D eigenvalue weighted by Crippen LogP contribution is -2.00. The summed E-state index contributed by atoms with van der Waals surface area (Å²) in [5.41, 5.74) is 1.78. The molecule has 9 heteroatoms. The molecule has 4 aromatic carbocycles. The number of nitrogens with one attached hydrogen (secondary N) is 1. The van der Waals surface area contributed by atoms with Gasteiger partial charge >= 0.3 is 0 Å². The first-order valence-corrected chi connectivity index (χ1v) is 11.7. The first-order chi connectivity index (χ1) is 17.0. The molecule has 0 spiro atoms. The fraction of sp³-hybridized carbons (Fsp3) is 0. The van der Waals surface area contributed by atoms with Gasteiger partial charge in [0.1, 0.15) is 11.6 Å². The van der Waals surface area contributed by atoms with Gasteiger partial charge in [-0.25, -0.2) is 14.4 Å². The maximum Gasteiger partial charge on any atom is 0.272 e. The molecule has 35 heavy (non-hydrogen) atoms. The molecule has 0 saturated carbocycles. The van der Waals surface area contributed by atoms with E-state index in [0.717, 1.165) is 10.3 Å². The van der Waals surface area contributed by atoms with Crippen molar-refractivity contribution in [2.45, 2.75) is 9.79 Å². The Morgan fingerprint density at radius 1 is 0.886 bits per heavy atom. The molecule has 0 unspecified atom stereocenters. The number of fused-ring (bicyclic) bond motifs is 1. The number of anilines is 2. The Hall–Kier alpha value is -4.01. The lowest BCUT2D eigenvalue weighted by molar-refractivity contribution is -0.385. The zero-order valence-electron chi connectivity index (χ0n) is 18.0. The fourth-order valence-electron chi connectivity index (χ4n) is 3.53. The van der Waals surface area contributed by atoms with Gasteiger partial charge < -0.3 is 5.32 Å². The number of benzene rings is 4. The Bertz CT molecular complexity index is 1560. The van der Waals surface area contributed by atoms with Gasteiger partial charge in [0.05, 0.1) is 15.5 Å². The summed E-state index contributed by atoms with van der Waals surface area (Å²) in [6.07, 6.45) is 0. The highest BCUT2D eigenvalue weighted by molar-refractivity contribution is 7.99. The molecule has 172 valence electrons. The molecule has 0 bridgehead atoms. The van der Waals surface area contributed by atoms with Crippen LogP contribution in [0.4, 0.5) is 21.6 Å². The van der Waals surface area contributed by atoms with Gasteiger partial charge in [0.15, 0.2) is 5.82 Å². The van der Waals surface area contributed by atoms with Crippen LogP contribution in [0.2, 0.25) is 5.02 Å². The van der Waals surface area contributed by atoms with Crippen molar-refractivity contribution in [3.05, 3.63) is 112 Å². The van der Waals surface area contributed by atoms with E-state index in [0.29, 0.717) is 38.3 Å². The lowest BCUT2D eigenvalue weighted by Gasteiger charge is -2.13. The van der Waals surface area contributed by atoms with E-state index in [1.54, 1.807) is 24.3 Å². The summed E-state index contributed by atoms with van der Waals surface area (Å²) in [6, 6.07) is 25.4. The van der Waals surface area contributed by atoms with Crippen LogP contribution in [-0.2, 0) is 0 Å². The van der Waals surface area contributed by atoms with Crippen LogP contribution in [0.5, 0.6) is 0 Å². The molecule has 0 fully saturated rings. The third-order valence-electron chi connectivity index (χ3n) is 5.13. The van der Waals surface area contributed by atoms with Crippen LogP contribution >= 0.6 is 23.4 Å². The standard InChI is InChI=1S/C26H16ClFN4O2S/c27-23-7-3-1-5-21(23)25-30-24-8-4-2-6-22(24)26(31-25)29-17-13-18(32(33)34)15-20(14-17)35-19-11-9-16(28)10-12-19/h1-15H,(H,29,30,31). The SMILES string of the molecule is O=[N+]([O-])c1cc(Nc2nc(-c3ccccc3Cl)nc3ccccc23)cc(Sc2ccc(F)cc2)c1. The maximum absolute atomic E-state index is 13.3. The van der Waals surface area contributed by atoms with Crippen molar-refractivity contribution < 1.29 is 9.31 Å². The van der Waals surface area contributed by atoms with E-state index in [2.05, 4.69) is 10.3 Å². The van der Waals surface area contributed by atoms with Gasteiger partial charge in [0.25, 0.3) is 5.69 Å². The number of halogens is 2. The minimum absolute atomic E-state index is 0.0794. The number of hydrogen-bond acceptors (Lipinski definition) is 6. The van der Waals surface area contributed by atoms with E-state index < -0.39 is 4.92 Å². The van der Waals surface area contributed by atoms with Crippen molar-refractivity contribution in [2.75, 3.05) is 5.32 Å². The maximum atomic E-state index is 13.3. The topological polar surface area (TPSA) is 81.0 Å². The molecule has 1 aromatic heterocycles. The number of hydrogen-bond donors (Lipinski definition) is 1. The van der Waals surface area contributed by atoms with Crippen molar-refractivity contribution >= 4 is 51.5 Å². The summed E-state index contributed by atoms with van der Waals surface area (Å²) in [7, 11) is 0. The molecular formula is C26H16ClFN4O2S. The third kappa shape index (κ3) is 5.08. The third-order valence-corrected chi connectivity index (χ3v) is 6.44. The summed E-state index contributed by atoms with van der Waals surface area (Å²) in [5.74, 6) is 0.576. The number of nitrogens with zero attached hydrogens (tertiary/aromatic N) is 3. The van der Waals surface area contributed by atoms with Crippen molar-refractivity contribution in [3.63, 3.8) is 0 Å². The smallest absolute Gasteiger partial charge is 0.272 e. The number of rotatable bonds is 6. The summed E-state index contributed by atoms with van der Waals surface area (Å²) < 4.78 is 13.3. The Morgan fingerprint density at radius 3 is 2.40 bits per heavy atom. The summed E-state index contributed by atoms with van der Waals surface area (Å²) in [5, 5.41) is 16.1. The molecular weight excluding hydrogens is 487 g/mol. The van der Waals surface area contributed by atoms with Crippen LogP contribution in [0.15, 0.2) is 101 Å². The van der Waals surface area contributed by atoms with E-state index in [9.17, 15) is 14.5 Å². The van der Waals surface area contributed by atoms with E-state index in [4.69, 9.17) is 16.6 Å². The number of nitro benzene ring substituents is 1. The second-order valence-corrected chi connectivity index (χ2v) is 9.10. The van der Waals surface area contributed by atoms with E-state index in [1.807, 2.05) is 42.5 Å². The minimum Gasteiger partial charge on any atom is -0.339 e.